The van der Waals surface area contributed by atoms with E-state index in [1.807, 2.05) is 25.1 Å². The van der Waals surface area contributed by atoms with Crippen molar-refractivity contribution in [3.8, 4) is 0 Å². The largest absolute Gasteiger partial charge is 0.478 e. The molecule has 0 saturated heterocycles. The summed E-state index contributed by atoms with van der Waals surface area (Å²) >= 11 is 0. The monoisotopic (exact) mass is 316 g/mol. The molecule has 3 aromatic rings. The van der Waals surface area contributed by atoms with Crippen molar-refractivity contribution in [2.45, 2.75) is 13.5 Å². The van der Waals surface area contributed by atoms with Crippen LogP contribution in [0.2, 0.25) is 0 Å². The van der Waals surface area contributed by atoms with Crippen LogP contribution in [-0.4, -0.2) is 45.2 Å². The van der Waals surface area contributed by atoms with Gasteiger partial charge in [-0.2, -0.15) is 0 Å². The number of nitrogens with zero attached hydrogens (tertiary/aromatic N) is 2. The van der Waals surface area contributed by atoms with E-state index in [4.69, 9.17) is 5.11 Å². The van der Waals surface area contributed by atoms with Crippen LogP contribution in [0.1, 0.15) is 32.0 Å². The summed E-state index contributed by atoms with van der Waals surface area (Å²) in [5.74, 6) is -1.25. The third-order valence-electron chi connectivity index (χ3n) is 3.69. The molecule has 0 atom stereocenters. The molecule has 3 rings (SSSR count). The molecule has 0 aliphatic carbocycles. The molecule has 117 valence electrons. The van der Waals surface area contributed by atoms with Gasteiger partial charge in [0.15, 0.2) is 0 Å². The van der Waals surface area contributed by atoms with Gasteiger partial charge in [-0.15, -0.1) is 0 Å². The van der Waals surface area contributed by atoms with Gasteiger partial charge in [0, 0.05) is 31.6 Å². The Balaban J connectivity index is 0.00000208. The van der Waals surface area contributed by atoms with Crippen LogP contribution in [-0.2, 0) is 6.54 Å². The fraction of sp³-hybridized carbons (Fsp3) is 0.118. The molecule has 0 aliphatic rings. The summed E-state index contributed by atoms with van der Waals surface area (Å²) in [6.45, 7) is 2.13. The third-order valence-corrected chi connectivity index (χ3v) is 3.69. The van der Waals surface area contributed by atoms with Gasteiger partial charge in [-0.1, -0.05) is 12.1 Å². The maximum absolute atomic E-state index is 12.3. The zero-order valence-corrected chi connectivity index (χ0v) is 13.5. The summed E-state index contributed by atoms with van der Waals surface area (Å²) in [7, 11) is 0. The topological polar surface area (TPSA) is 83.7 Å². The van der Waals surface area contributed by atoms with Gasteiger partial charge in [0.05, 0.1) is 11.8 Å². The normalized spacial score (nSPS) is 10.2. The molecule has 6 nitrogen and oxygen atoms in total. The summed E-state index contributed by atoms with van der Waals surface area (Å²) in [5, 5.41) is 11.9. The van der Waals surface area contributed by atoms with Gasteiger partial charge in [-0.25, -0.2) is 9.78 Å². The number of benzene rings is 1. The zero-order chi connectivity index (χ0) is 16.4. The minimum absolute atomic E-state index is 0. The van der Waals surface area contributed by atoms with Crippen molar-refractivity contribution < 1.29 is 14.7 Å². The Morgan fingerprint density at radius 2 is 2.04 bits per heavy atom. The Labute approximate surface area is 150 Å². The number of amides is 1. The van der Waals surface area contributed by atoms with Crippen LogP contribution in [0.25, 0.3) is 5.65 Å². The molecule has 0 spiro atoms. The van der Waals surface area contributed by atoms with Crippen LogP contribution in [0, 0.1) is 6.92 Å². The molecule has 24 heavy (non-hydrogen) atoms. The molecule has 2 heterocycles. The number of pyridine rings is 1. The zero-order valence-electron chi connectivity index (χ0n) is 13.5. The van der Waals surface area contributed by atoms with Crippen LogP contribution in [0.4, 0.5) is 0 Å². The molecule has 0 aliphatic heterocycles. The number of hydrogen-bond acceptors (Lipinski definition) is 3. The van der Waals surface area contributed by atoms with Crippen molar-refractivity contribution in [1.29, 1.82) is 0 Å². The molecule has 2 N–H and O–H groups in total. The first-order valence-corrected chi connectivity index (χ1v) is 7.09. The van der Waals surface area contributed by atoms with E-state index in [1.54, 1.807) is 28.8 Å². The summed E-state index contributed by atoms with van der Waals surface area (Å²) in [5.41, 5.74) is 3.03. The average molecular weight is 316 g/mol. The van der Waals surface area contributed by atoms with Crippen molar-refractivity contribution in [2.24, 2.45) is 0 Å². The predicted octanol–water partition coefficient (Wildman–Crippen LogP) is 1.89. The average Bonchev–Trinajstić information content (AvgIpc) is 2.97. The smallest absolute Gasteiger partial charge is 0.335 e. The second-order valence-corrected chi connectivity index (χ2v) is 5.20. The van der Waals surface area contributed by atoms with E-state index in [0.717, 1.165) is 11.1 Å². The minimum atomic E-state index is -0.987. The van der Waals surface area contributed by atoms with Crippen molar-refractivity contribution in [3.05, 3.63) is 71.2 Å². The fourth-order valence-corrected chi connectivity index (χ4v) is 2.36. The van der Waals surface area contributed by atoms with Crippen LogP contribution in [0.3, 0.4) is 0 Å². The van der Waals surface area contributed by atoms with E-state index in [-0.39, 0.29) is 36.9 Å². The maximum atomic E-state index is 12.3. The molecule has 0 fully saturated rings. The number of imidazole rings is 1. The number of aromatic carboxylic acids is 1. The Morgan fingerprint density at radius 3 is 2.79 bits per heavy atom. The van der Waals surface area contributed by atoms with Gasteiger partial charge in [0.1, 0.15) is 11.3 Å². The number of carboxylic acid groups (broad SMARTS) is 1. The van der Waals surface area contributed by atoms with Gasteiger partial charge in [0.25, 0.3) is 5.91 Å². The number of carbonyl (C=O) groups is 2. The standard InChI is InChI=1S/C17H15N3O3.Li/c1-11-5-6-12(17(22)23)8-13(11)9-19-16(21)14-10-18-15-4-2-3-7-20(14)15;/h2-8,10H,9H2,1H3,(H,19,21)(H,22,23);. The number of aromatic nitrogens is 2. The van der Waals surface area contributed by atoms with E-state index in [9.17, 15) is 9.59 Å². The molecule has 1 radical (unpaired) electrons. The van der Waals surface area contributed by atoms with Crippen LogP contribution >= 0.6 is 0 Å². The van der Waals surface area contributed by atoms with Crippen molar-refractivity contribution in [3.63, 3.8) is 0 Å². The molecule has 1 aromatic carbocycles. The van der Waals surface area contributed by atoms with E-state index >= 15 is 0 Å². The second-order valence-electron chi connectivity index (χ2n) is 5.20. The van der Waals surface area contributed by atoms with Crippen LogP contribution in [0.5, 0.6) is 0 Å². The maximum Gasteiger partial charge on any atom is 0.335 e. The van der Waals surface area contributed by atoms with Gasteiger partial charge < -0.3 is 10.4 Å². The molecular weight excluding hydrogens is 301 g/mol. The first kappa shape index (κ1) is 17.8. The molecule has 0 bridgehead atoms. The number of carbonyl (C=O) groups excluding carboxylic acids is 1. The molecule has 0 unspecified atom stereocenters. The second kappa shape index (κ2) is 7.35. The Morgan fingerprint density at radius 1 is 1.25 bits per heavy atom. The third kappa shape index (κ3) is 3.51. The molecular formula is C17H15LiN3O3. The van der Waals surface area contributed by atoms with E-state index in [0.29, 0.717) is 11.3 Å². The fourth-order valence-electron chi connectivity index (χ4n) is 2.36. The number of hydrogen-bond donors (Lipinski definition) is 2. The van der Waals surface area contributed by atoms with Crippen molar-refractivity contribution in [2.75, 3.05) is 0 Å². The molecule has 1 amide bonds. The SMILES string of the molecule is Cc1ccc(C(=O)O)cc1CNC(=O)c1cnc2ccccn12.[Li]. The summed E-state index contributed by atoms with van der Waals surface area (Å²) in [6.07, 6.45) is 3.29. The Bertz CT molecular complexity index is 905. The summed E-state index contributed by atoms with van der Waals surface area (Å²) in [4.78, 5) is 27.5. The Hall–Kier alpha value is -2.55. The van der Waals surface area contributed by atoms with Crippen LogP contribution in [0.15, 0.2) is 48.8 Å². The van der Waals surface area contributed by atoms with E-state index in [2.05, 4.69) is 10.3 Å². The number of aryl methyl sites for hydroxylation is 1. The predicted molar refractivity (Wildman–Crippen MR) is 90.3 cm³/mol. The first-order chi connectivity index (χ1) is 11.1. The van der Waals surface area contributed by atoms with Crippen molar-refractivity contribution in [1.82, 2.24) is 14.7 Å². The minimum Gasteiger partial charge on any atom is -0.478 e. The number of carboxylic acids is 1. The van der Waals surface area contributed by atoms with E-state index < -0.39 is 5.97 Å². The molecule has 7 heteroatoms. The summed E-state index contributed by atoms with van der Waals surface area (Å²) < 4.78 is 1.70. The first-order valence-electron chi connectivity index (χ1n) is 7.09. The van der Waals surface area contributed by atoms with Gasteiger partial charge >= 0.3 is 5.97 Å². The number of rotatable bonds is 4. The number of nitrogens with one attached hydrogen (secondary N) is 1. The van der Waals surface area contributed by atoms with Gasteiger partial charge in [-0.05, 0) is 42.3 Å². The van der Waals surface area contributed by atoms with Crippen LogP contribution < -0.4 is 5.32 Å². The Kier molecular flexibility index (Phi) is 5.45. The summed E-state index contributed by atoms with van der Waals surface area (Å²) in [6, 6.07) is 10.4. The van der Waals surface area contributed by atoms with Gasteiger partial charge in [0.2, 0.25) is 0 Å². The molecule has 2 aromatic heterocycles. The molecule has 0 saturated carbocycles. The number of fused-ring (bicyclic) bond motifs is 1. The van der Waals surface area contributed by atoms with Crippen molar-refractivity contribution >= 4 is 36.4 Å². The quantitative estimate of drug-likeness (QED) is 0.720. The van der Waals surface area contributed by atoms with E-state index in [1.165, 1.54) is 6.20 Å². The van der Waals surface area contributed by atoms with Gasteiger partial charge in [-0.3, -0.25) is 9.20 Å².